The molecule has 1 atom stereocenters. The zero-order valence-electron chi connectivity index (χ0n) is 16.2. The van der Waals surface area contributed by atoms with E-state index in [9.17, 15) is 9.90 Å². The van der Waals surface area contributed by atoms with Crippen molar-refractivity contribution in [2.45, 2.75) is 51.5 Å². The molecule has 1 aliphatic heterocycles. The van der Waals surface area contributed by atoms with Gasteiger partial charge in [0.15, 0.2) is 0 Å². The molecule has 0 saturated carbocycles. The Morgan fingerprint density at radius 3 is 2.82 bits per heavy atom. The van der Waals surface area contributed by atoms with E-state index in [0.29, 0.717) is 5.56 Å². The molecule has 3 aliphatic rings. The largest absolute Gasteiger partial charge is 0.508 e. The van der Waals surface area contributed by atoms with Crippen LogP contribution in [0.1, 0.15) is 70.8 Å². The number of hydrogen-bond acceptors (Lipinski definition) is 2. The second-order valence-electron chi connectivity index (χ2n) is 8.27. The lowest BCUT2D eigenvalue weighted by Crippen LogP contribution is -2.20. The summed E-state index contributed by atoms with van der Waals surface area (Å²) in [7, 11) is 0. The van der Waals surface area contributed by atoms with E-state index >= 15 is 0 Å². The number of aromatic hydroxyl groups is 1. The highest BCUT2D eigenvalue weighted by Gasteiger charge is 2.36. The molecule has 1 amide bonds. The van der Waals surface area contributed by atoms with Crippen molar-refractivity contribution in [2.24, 2.45) is 0 Å². The van der Waals surface area contributed by atoms with Crippen molar-refractivity contribution in [1.29, 1.82) is 0 Å². The number of fused-ring (bicyclic) bond motifs is 2. The van der Waals surface area contributed by atoms with Crippen molar-refractivity contribution in [2.75, 3.05) is 0 Å². The minimum Gasteiger partial charge on any atom is -0.508 e. The van der Waals surface area contributed by atoms with E-state index in [-0.39, 0.29) is 17.7 Å². The van der Waals surface area contributed by atoms with Gasteiger partial charge in [0, 0.05) is 5.56 Å². The number of hydrogen-bond donors (Lipinski definition) is 2. The fraction of sp³-hybridized carbons (Fsp3) is 0.320. The first-order valence-electron chi connectivity index (χ1n) is 10.2. The Morgan fingerprint density at radius 1 is 1.14 bits per heavy atom. The van der Waals surface area contributed by atoms with Gasteiger partial charge < -0.3 is 10.4 Å². The molecule has 2 aromatic carbocycles. The standard InChI is InChI=1S/C25H25NO2/c1-15-11-21-20(14-22(15)27)24(26-25(21)28)23-18(12-16-7-3-2-4-8-16)13-17-9-5-6-10-19(17)23/h5-7,9-11,14,24,27H,2-4,8,12-13H2,1H3,(H,26,28). The fourth-order valence-corrected chi connectivity index (χ4v) is 4.97. The Balaban J connectivity index is 1.63. The molecule has 5 rings (SSSR count). The molecule has 142 valence electrons. The van der Waals surface area contributed by atoms with Crippen LogP contribution >= 0.6 is 0 Å². The molecule has 2 aliphatic carbocycles. The first-order valence-corrected chi connectivity index (χ1v) is 10.2. The molecule has 0 aromatic heterocycles. The number of carbonyl (C=O) groups excluding carboxylic acids is 1. The van der Waals surface area contributed by atoms with Crippen LogP contribution in [0.4, 0.5) is 0 Å². The van der Waals surface area contributed by atoms with Gasteiger partial charge in [-0.3, -0.25) is 4.79 Å². The van der Waals surface area contributed by atoms with Crippen LogP contribution in [0.25, 0.3) is 5.57 Å². The smallest absolute Gasteiger partial charge is 0.252 e. The van der Waals surface area contributed by atoms with Crippen LogP contribution in [-0.4, -0.2) is 11.0 Å². The molecule has 2 N–H and O–H groups in total. The van der Waals surface area contributed by atoms with Gasteiger partial charge in [-0.25, -0.2) is 0 Å². The van der Waals surface area contributed by atoms with E-state index in [1.165, 1.54) is 53.5 Å². The third kappa shape index (κ3) is 2.77. The summed E-state index contributed by atoms with van der Waals surface area (Å²) < 4.78 is 0. The van der Waals surface area contributed by atoms with Gasteiger partial charge in [0.2, 0.25) is 0 Å². The summed E-state index contributed by atoms with van der Waals surface area (Å²) in [6.07, 6.45) is 9.28. The number of rotatable bonds is 3. The predicted molar refractivity (Wildman–Crippen MR) is 111 cm³/mol. The number of nitrogens with one attached hydrogen (secondary N) is 1. The molecule has 0 radical (unpaired) electrons. The minimum atomic E-state index is -0.183. The number of amides is 1. The maximum absolute atomic E-state index is 12.7. The maximum atomic E-state index is 12.7. The fourth-order valence-electron chi connectivity index (χ4n) is 4.97. The molecule has 0 saturated heterocycles. The third-order valence-corrected chi connectivity index (χ3v) is 6.41. The second kappa shape index (κ2) is 6.66. The molecular weight excluding hydrogens is 346 g/mol. The first-order chi connectivity index (χ1) is 13.6. The van der Waals surface area contributed by atoms with Gasteiger partial charge >= 0.3 is 0 Å². The van der Waals surface area contributed by atoms with Crippen molar-refractivity contribution in [3.8, 4) is 5.75 Å². The zero-order valence-corrected chi connectivity index (χ0v) is 16.2. The molecule has 0 bridgehead atoms. The van der Waals surface area contributed by atoms with Crippen LogP contribution in [0.2, 0.25) is 0 Å². The molecule has 0 spiro atoms. The topological polar surface area (TPSA) is 49.3 Å². The molecule has 2 aromatic rings. The molecule has 28 heavy (non-hydrogen) atoms. The van der Waals surface area contributed by atoms with Gasteiger partial charge in [0.05, 0.1) is 6.04 Å². The van der Waals surface area contributed by atoms with E-state index < -0.39 is 0 Å². The molecule has 1 heterocycles. The van der Waals surface area contributed by atoms with Crippen molar-refractivity contribution in [3.05, 3.63) is 81.4 Å². The van der Waals surface area contributed by atoms with Gasteiger partial charge in [-0.05, 0) is 85.4 Å². The van der Waals surface area contributed by atoms with Crippen LogP contribution < -0.4 is 5.32 Å². The molecular formula is C25H25NO2. The number of benzene rings is 2. The lowest BCUT2D eigenvalue weighted by Gasteiger charge is -2.20. The summed E-state index contributed by atoms with van der Waals surface area (Å²) >= 11 is 0. The Morgan fingerprint density at radius 2 is 2.00 bits per heavy atom. The average molecular weight is 371 g/mol. The van der Waals surface area contributed by atoms with Crippen LogP contribution in [0.5, 0.6) is 5.75 Å². The van der Waals surface area contributed by atoms with E-state index in [1.54, 1.807) is 6.07 Å². The molecule has 0 fully saturated rings. The highest BCUT2D eigenvalue weighted by atomic mass is 16.3. The summed E-state index contributed by atoms with van der Waals surface area (Å²) in [6, 6.07) is 11.9. The van der Waals surface area contributed by atoms with Crippen molar-refractivity contribution in [1.82, 2.24) is 5.32 Å². The van der Waals surface area contributed by atoms with Gasteiger partial charge in [0.1, 0.15) is 5.75 Å². The first kappa shape index (κ1) is 17.3. The van der Waals surface area contributed by atoms with Crippen molar-refractivity contribution < 1.29 is 9.90 Å². The lowest BCUT2D eigenvalue weighted by molar-refractivity contribution is 0.0962. The van der Waals surface area contributed by atoms with Crippen LogP contribution in [0.3, 0.4) is 0 Å². The van der Waals surface area contributed by atoms with Crippen LogP contribution in [0, 0.1) is 6.92 Å². The second-order valence-corrected chi connectivity index (χ2v) is 8.27. The number of phenols is 1. The minimum absolute atomic E-state index is 0.0452. The zero-order chi connectivity index (χ0) is 19.3. The molecule has 3 nitrogen and oxygen atoms in total. The summed E-state index contributed by atoms with van der Waals surface area (Å²) in [5.41, 5.74) is 9.08. The number of aryl methyl sites for hydroxylation is 1. The maximum Gasteiger partial charge on any atom is 0.252 e. The van der Waals surface area contributed by atoms with Crippen molar-refractivity contribution >= 4 is 11.5 Å². The molecule has 1 unspecified atom stereocenters. The Kier molecular flexibility index (Phi) is 4.12. The van der Waals surface area contributed by atoms with Gasteiger partial charge in [-0.2, -0.15) is 0 Å². The summed E-state index contributed by atoms with van der Waals surface area (Å²) in [5, 5.41) is 13.5. The lowest BCUT2D eigenvalue weighted by atomic mass is 9.88. The van der Waals surface area contributed by atoms with E-state index in [0.717, 1.165) is 24.0 Å². The average Bonchev–Trinajstić information content (AvgIpc) is 3.20. The van der Waals surface area contributed by atoms with Gasteiger partial charge in [0.25, 0.3) is 5.91 Å². The summed E-state index contributed by atoms with van der Waals surface area (Å²) in [4.78, 5) is 12.7. The third-order valence-electron chi connectivity index (χ3n) is 6.41. The SMILES string of the molecule is Cc1cc2c(cc1O)C(C1=C(CC3=CCCCC3)Cc3ccccc31)NC2=O. The van der Waals surface area contributed by atoms with Crippen LogP contribution in [-0.2, 0) is 6.42 Å². The Bertz CT molecular complexity index is 1040. The summed E-state index contributed by atoms with van der Waals surface area (Å²) in [6.45, 7) is 1.83. The number of phenolic OH excluding ortho intramolecular Hbond substituents is 1. The predicted octanol–water partition coefficient (Wildman–Crippen LogP) is 5.39. The van der Waals surface area contributed by atoms with E-state index in [1.807, 2.05) is 13.0 Å². The quantitative estimate of drug-likeness (QED) is 0.711. The summed E-state index contributed by atoms with van der Waals surface area (Å²) in [5.74, 6) is 0.208. The van der Waals surface area contributed by atoms with E-state index in [4.69, 9.17) is 0 Å². The van der Waals surface area contributed by atoms with Crippen molar-refractivity contribution in [3.63, 3.8) is 0 Å². The highest BCUT2D eigenvalue weighted by Crippen LogP contribution is 2.47. The molecule has 3 heteroatoms. The van der Waals surface area contributed by atoms with Crippen LogP contribution in [0.15, 0.2) is 53.6 Å². The normalized spacial score (nSPS) is 20.7. The monoisotopic (exact) mass is 371 g/mol. The number of allylic oxidation sites excluding steroid dienone is 3. The highest BCUT2D eigenvalue weighted by molar-refractivity contribution is 6.03. The Hall–Kier alpha value is -2.81. The van der Waals surface area contributed by atoms with E-state index in [2.05, 4.69) is 35.7 Å². The van der Waals surface area contributed by atoms with Gasteiger partial charge in [-0.1, -0.05) is 41.5 Å². The Labute approximate surface area is 165 Å². The number of carbonyl (C=O) groups is 1. The van der Waals surface area contributed by atoms with Gasteiger partial charge in [-0.15, -0.1) is 0 Å².